The van der Waals surface area contributed by atoms with Crippen molar-refractivity contribution in [2.45, 2.75) is 32.3 Å². The van der Waals surface area contributed by atoms with Crippen LogP contribution in [0.25, 0.3) is 0 Å². The third kappa shape index (κ3) is 3.49. The lowest BCUT2D eigenvalue weighted by molar-refractivity contribution is 0.156. The molecule has 3 heterocycles. The molecule has 0 aromatic carbocycles. The lowest BCUT2D eigenvalue weighted by Crippen LogP contribution is -2.42. The summed E-state index contributed by atoms with van der Waals surface area (Å²) in [5, 5.41) is 0. The SMILES string of the molecule is CCc1cnc(OC2CCN(c3nccn(C)c3=O)CC2)nc1. The smallest absolute Gasteiger partial charge is 0.316 e. The van der Waals surface area contributed by atoms with Crippen LogP contribution in [0.15, 0.2) is 29.6 Å². The van der Waals surface area contributed by atoms with Crippen molar-refractivity contribution < 1.29 is 4.74 Å². The first-order valence-corrected chi connectivity index (χ1v) is 7.91. The van der Waals surface area contributed by atoms with E-state index >= 15 is 0 Å². The van der Waals surface area contributed by atoms with Crippen LogP contribution in [0.5, 0.6) is 6.01 Å². The van der Waals surface area contributed by atoms with Gasteiger partial charge in [-0.15, -0.1) is 0 Å². The van der Waals surface area contributed by atoms with Crippen LogP contribution in [0, 0.1) is 0 Å². The molecular formula is C16H21N5O2. The molecule has 1 saturated heterocycles. The molecule has 1 fully saturated rings. The number of aryl methyl sites for hydroxylation is 2. The van der Waals surface area contributed by atoms with Gasteiger partial charge in [0.05, 0.1) is 0 Å². The Morgan fingerprint density at radius 2 is 1.91 bits per heavy atom. The van der Waals surface area contributed by atoms with Gasteiger partial charge < -0.3 is 14.2 Å². The van der Waals surface area contributed by atoms with E-state index < -0.39 is 0 Å². The number of anilines is 1. The van der Waals surface area contributed by atoms with Gasteiger partial charge in [0.1, 0.15) is 6.10 Å². The summed E-state index contributed by atoms with van der Waals surface area (Å²) in [6, 6.07) is 0.425. The summed E-state index contributed by atoms with van der Waals surface area (Å²) in [7, 11) is 1.74. The fourth-order valence-corrected chi connectivity index (χ4v) is 2.62. The molecular weight excluding hydrogens is 294 g/mol. The maximum Gasteiger partial charge on any atom is 0.316 e. The van der Waals surface area contributed by atoms with Crippen LogP contribution in [0.3, 0.4) is 0 Å². The Balaban J connectivity index is 1.59. The Morgan fingerprint density at radius 3 is 2.57 bits per heavy atom. The first-order chi connectivity index (χ1) is 11.2. The highest BCUT2D eigenvalue weighted by Crippen LogP contribution is 2.18. The summed E-state index contributed by atoms with van der Waals surface area (Å²) in [4.78, 5) is 26.8. The van der Waals surface area contributed by atoms with Gasteiger partial charge in [0.2, 0.25) is 0 Å². The maximum atomic E-state index is 12.1. The second kappa shape index (κ2) is 6.76. The Bertz CT molecular complexity index is 705. The zero-order valence-electron chi connectivity index (χ0n) is 13.5. The van der Waals surface area contributed by atoms with Gasteiger partial charge in [-0.05, 0) is 12.0 Å². The standard InChI is InChI=1S/C16H21N5O2/c1-3-12-10-18-16(19-11-12)23-13-4-7-21(8-5-13)14-15(22)20(2)9-6-17-14/h6,9-11,13H,3-5,7-8H2,1-2H3. The van der Waals surface area contributed by atoms with E-state index in [4.69, 9.17) is 4.74 Å². The molecule has 0 radical (unpaired) electrons. The molecule has 122 valence electrons. The Labute approximate surface area is 135 Å². The van der Waals surface area contributed by atoms with E-state index in [-0.39, 0.29) is 11.7 Å². The minimum atomic E-state index is -0.0645. The van der Waals surface area contributed by atoms with Crippen LogP contribution in [0.1, 0.15) is 25.3 Å². The zero-order valence-corrected chi connectivity index (χ0v) is 13.5. The van der Waals surface area contributed by atoms with Gasteiger partial charge in [-0.3, -0.25) is 4.79 Å². The topological polar surface area (TPSA) is 73.1 Å². The summed E-state index contributed by atoms with van der Waals surface area (Å²) < 4.78 is 7.39. The highest BCUT2D eigenvalue weighted by atomic mass is 16.5. The molecule has 1 aliphatic rings. The van der Waals surface area contributed by atoms with Crippen molar-refractivity contribution in [1.82, 2.24) is 19.5 Å². The normalized spacial score (nSPS) is 15.7. The summed E-state index contributed by atoms with van der Waals surface area (Å²) in [6.07, 6.45) is 9.55. The summed E-state index contributed by atoms with van der Waals surface area (Å²) in [6.45, 7) is 3.55. The fourth-order valence-electron chi connectivity index (χ4n) is 2.62. The maximum absolute atomic E-state index is 12.1. The quantitative estimate of drug-likeness (QED) is 0.843. The molecule has 0 atom stereocenters. The Hall–Kier alpha value is -2.44. The Morgan fingerprint density at radius 1 is 1.22 bits per heavy atom. The van der Waals surface area contributed by atoms with E-state index in [0.29, 0.717) is 11.8 Å². The van der Waals surface area contributed by atoms with Gasteiger partial charge >= 0.3 is 6.01 Å². The van der Waals surface area contributed by atoms with E-state index in [2.05, 4.69) is 21.9 Å². The minimum absolute atomic E-state index is 0.0645. The predicted molar refractivity (Wildman–Crippen MR) is 86.8 cm³/mol. The van der Waals surface area contributed by atoms with Crippen LogP contribution in [-0.4, -0.2) is 38.7 Å². The molecule has 0 bridgehead atoms. The lowest BCUT2D eigenvalue weighted by atomic mass is 10.1. The van der Waals surface area contributed by atoms with E-state index in [1.165, 1.54) is 0 Å². The second-order valence-corrected chi connectivity index (χ2v) is 5.70. The zero-order chi connectivity index (χ0) is 16.2. The van der Waals surface area contributed by atoms with E-state index in [1.807, 2.05) is 4.90 Å². The van der Waals surface area contributed by atoms with Crippen molar-refractivity contribution in [3.8, 4) is 6.01 Å². The second-order valence-electron chi connectivity index (χ2n) is 5.70. The monoisotopic (exact) mass is 315 g/mol. The average molecular weight is 315 g/mol. The average Bonchev–Trinajstić information content (AvgIpc) is 2.59. The highest BCUT2D eigenvalue weighted by molar-refractivity contribution is 5.36. The van der Waals surface area contributed by atoms with Gasteiger partial charge in [-0.25, -0.2) is 15.0 Å². The van der Waals surface area contributed by atoms with Crippen LogP contribution in [-0.2, 0) is 13.5 Å². The molecule has 0 aliphatic carbocycles. The van der Waals surface area contributed by atoms with E-state index in [0.717, 1.165) is 37.9 Å². The van der Waals surface area contributed by atoms with Crippen LogP contribution >= 0.6 is 0 Å². The summed E-state index contributed by atoms with van der Waals surface area (Å²) in [5.41, 5.74) is 1.03. The molecule has 7 heteroatoms. The molecule has 23 heavy (non-hydrogen) atoms. The Kier molecular flexibility index (Phi) is 4.55. The first-order valence-electron chi connectivity index (χ1n) is 7.91. The van der Waals surface area contributed by atoms with E-state index in [9.17, 15) is 4.79 Å². The van der Waals surface area contributed by atoms with Crippen molar-refractivity contribution in [3.05, 3.63) is 40.7 Å². The van der Waals surface area contributed by atoms with Crippen LogP contribution in [0.2, 0.25) is 0 Å². The molecule has 2 aromatic rings. The number of piperidine rings is 1. The van der Waals surface area contributed by atoms with Crippen molar-refractivity contribution in [1.29, 1.82) is 0 Å². The summed E-state index contributed by atoms with van der Waals surface area (Å²) >= 11 is 0. The summed E-state index contributed by atoms with van der Waals surface area (Å²) in [5.74, 6) is 0.511. The van der Waals surface area contributed by atoms with Gasteiger partial charge in [0.25, 0.3) is 5.56 Å². The van der Waals surface area contributed by atoms with Crippen LogP contribution < -0.4 is 15.2 Å². The first kappa shape index (κ1) is 15.5. The van der Waals surface area contributed by atoms with Gasteiger partial charge in [0.15, 0.2) is 5.82 Å². The molecule has 0 saturated carbocycles. The van der Waals surface area contributed by atoms with Gasteiger partial charge in [-0.2, -0.15) is 0 Å². The fraction of sp³-hybridized carbons (Fsp3) is 0.500. The molecule has 3 rings (SSSR count). The van der Waals surface area contributed by atoms with E-state index in [1.54, 1.807) is 36.4 Å². The van der Waals surface area contributed by atoms with Crippen molar-refractivity contribution in [3.63, 3.8) is 0 Å². The molecule has 7 nitrogen and oxygen atoms in total. The number of aromatic nitrogens is 4. The van der Waals surface area contributed by atoms with Crippen molar-refractivity contribution in [2.24, 2.45) is 7.05 Å². The van der Waals surface area contributed by atoms with Gasteiger partial charge in [-0.1, -0.05) is 6.92 Å². The highest BCUT2D eigenvalue weighted by Gasteiger charge is 2.23. The molecule has 0 unspecified atom stereocenters. The minimum Gasteiger partial charge on any atom is -0.460 e. The number of ether oxygens (including phenoxy) is 1. The van der Waals surface area contributed by atoms with Gasteiger partial charge in [0, 0.05) is 57.8 Å². The largest absolute Gasteiger partial charge is 0.460 e. The molecule has 0 N–H and O–H groups in total. The predicted octanol–water partition coefficient (Wildman–Crippen LogP) is 1.18. The van der Waals surface area contributed by atoms with Crippen LogP contribution in [0.4, 0.5) is 5.82 Å². The molecule has 1 aliphatic heterocycles. The number of hydrogen-bond donors (Lipinski definition) is 0. The molecule has 0 amide bonds. The third-order valence-corrected chi connectivity index (χ3v) is 4.10. The lowest BCUT2D eigenvalue weighted by Gasteiger charge is -2.31. The van der Waals surface area contributed by atoms with Crippen molar-refractivity contribution in [2.75, 3.05) is 18.0 Å². The van der Waals surface area contributed by atoms with Crippen molar-refractivity contribution >= 4 is 5.82 Å². The molecule has 2 aromatic heterocycles. The number of rotatable bonds is 4. The number of hydrogen-bond acceptors (Lipinski definition) is 6. The molecule has 0 spiro atoms. The number of nitrogens with zero attached hydrogens (tertiary/aromatic N) is 5. The third-order valence-electron chi connectivity index (χ3n) is 4.10.